The fourth-order valence-electron chi connectivity index (χ4n) is 3.84. The summed E-state index contributed by atoms with van der Waals surface area (Å²) < 4.78 is 24.9. The molecule has 0 fully saturated rings. The van der Waals surface area contributed by atoms with Gasteiger partial charge in [0.05, 0.1) is 12.2 Å². The number of halogens is 1. The SMILES string of the molecule is Cc1ccc(CN(Cc2ccc3c(c2)OCO3)Cc2nc(C(=O)Nc3ccccc3F)cs2)cc1. The van der Waals surface area contributed by atoms with Crippen LogP contribution in [0.25, 0.3) is 0 Å². The van der Waals surface area contributed by atoms with Crippen LogP contribution in [0.5, 0.6) is 11.5 Å². The number of benzene rings is 3. The van der Waals surface area contributed by atoms with Gasteiger partial charge >= 0.3 is 0 Å². The molecule has 0 atom stereocenters. The molecule has 1 N–H and O–H groups in total. The number of amides is 1. The van der Waals surface area contributed by atoms with Gasteiger partial charge in [0.25, 0.3) is 5.91 Å². The standard InChI is InChI=1S/C27H24FN3O3S/c1-18-6-8-19(9-7-18)13-31(14-20-10-11-24-25(12-20)34-17-33-24)15-26-29-23(16-35-26)27(32)30-22-5-3-2-4-21(22)28/h2-12,16H,13-15,17H2,1H3,(H,30,32). The van der Waals surface area contributed by atoms with Crippen LogP contribution in [0.3, 0.4) is 0 Å². The van der Waals surface area contributed by atoms with E-state index in [9.17, 15) is 9.18 Å². The van der Waals surface area contributed by atoms with Gasteiger partial charge in [-0.1, -0.05) is 48.0 Å². The van der Waals surface area contributed by atoms with E-state index in [0.29, 0.717) is 19.6 Å². The molecule has 2 heterocycles. The predicted molar refractivity (Wildman–Crippen MR) is 133 cm³/mol. The number of fused-ring (bicyclic) bond motifs is 1. The van der Waals surface area contributed by atoms with Gasteiger partial charge in [-0.2, -0.15) is 0 Å². The third-order valence-corrected chi connectivity index (χ3v) is 6.47. The fraction of sp³-hybridized carbons (Fsp3) is 0.185. The van der Waals surface area contributed by atoms with Crippen molar-refractivity contribution in [3.05, 3.63) is 105 Å². The van der Waals surface area contributed by atoms with Gasteiger partial charge in [0.15, 0.2) is 11.5 Å². The maximum Gasteiger partial charge on any atom is 0.275 e. The van der Waals surface area contributed by atoms with E-state index in [1.54, 1.807) is 17.5 Å². The summed E-state index contributed by atoms with van der Waals surface area (Å²) in [6.07, 6.45) is 0. The monoisotopic (exact) mass is 489 g/mol. The second-order valence-corrected chi connectivity index (χ2v) is 9.32. The number of hydrogen-bond donors (Lipinski definition) is 1. The summed E-state index contributed by atoms with van der Waals surface area (Å²) >= 11 is 1.41. The molecule has 1 amide bonds. The maximum absolute atomic E-state index is 13.9. The lowest BCUT2D eigenvalue weighted by atomic mass is 10.1. The molecule has 5 rings (SSSR count). The molecular formula is C27H24FN3O3S. The molecule has 0 saturated carbocycles. The number of hydrogen-bond acceptors (Lipinski definition) is 6. The average molecular weight is 490 g/mol. The molecule has 6 nitrogen and oxygen atoms in total. The Labute approximate surface area is 207 Å². The number of nitrogens with zero attached hydrogens (tertiary/aromatic N) is 2. The van der Waals surface area contributed by atoms with Crippen molar-refractivity contribution in [3.8, 4) is 11.5 Å². The van der Waals surface area contributed by atoms with Crippen molar-refractivity contribution in [1.29, 1.82) is 0 Å². The Morgan fingerprint density at radius 1 is 1.00 bits per heavy atom. The molecular weight excluding hydrogens is 465 g/mol. The molecule has 1 aliphatic rings. The van der Waals surface area contributed by atoms with E-state index in [4.69, 9.17) is 9.47 Å². The first-order valence-corrected chi connectivity index (χ1v) is 12.1. The summed E-state index contributed by atoms with van der Waals surface area (Å²) in [4.78, 5) is 19.4. The van der Waals surface area contributed by atoms with Crippen LogP contribution in [0, 0.1) is 12.7 Å². The highest BCUT2D eigenvalue weighted by Crippen LogP contribution is 2.33. The number of aryl methyl sites for hydroxylation is 1. The lowest BCUT2D eigenvalue weighted by molar-refractivity contribution is 0.102. The number of nitrogens with one attached hydrogen (secondary N) is 1. The zero-order valence-electron chi connectivity index (χ0n) is 19.2. The third kappa shape index (κ3) is 5.67. The number of carbonyl (C=O) groups is 1. The number of anilines is 1. The highest BCUT2D eigenvalue weighted by atomic mass is 32.1. The van der Waals surface area contributed by atoms with Crippen LogP contribution in [0.4, 0.5) is 10.1 Å². The van der Waals surface area contributed by atoms with Crippen LogP contribution in [0.2, 0.25) is 0 Å². The smallest absolute Gasteiger partial charge is 0.275 e. The van der Waals surface area contributed by atoms with Crippen LogP contribution in [-0.2, 0) is 19.6 Å². The molecule has 0 saturated heterocycles. The average Bonchev–Trinajstić information content (AvgIpc) is 3.51. The highest BCUT2D eigenvalue weighted by Gasteiger charge is 2.18. The number of aromatic nitrogens is 1. The quantitative estimate of drug-likeness (QED) is 0.340. The molecule has 8 heteroatoms. The lowest BCUT2D eigenvalue weighted by Crippen LogP contribution is -2.22. The minimum Gasteiger partial charge on any atom is -0.454 e. The molecule has 0 unspecified atom stereocenters. The first-order chi connectivity index (χ1) is 17.0. The third-order valence-electron chi connectivity index (χ3n) is 5.64. The molecule has 1 aromatic heterocycles. The van der Waals surface area contributed by atoms with Gasteiger partial charge < -0.3 is 14.8 Å². The zero-order chi connectivity index (χ0) is 24.2. The van der Waals surface area contributed by atoms with E-state index >= 15 is 0 Å². The Kier molecular flexibility index (Phi) is 6.74. The summed E-state index contributed by atoms with van der Waals surface area (Å²) in [7, 11) is 0. The summed E-state index contributed by atoms with van der Waals surface area (Å²) in [6, 6.07) is 20.5. The van der Waals surface area contributed by atoms with Crippen molar-refractivity contribution >= 4 is 22.9 Å². The Morgan fingerprint density at radius 2 is 1.74 bits per heavy atom. The van der Waals surface area contributed by atoms with E-state index in [2.05, 4.69) is 46.4 Å². The number of carbonyl (C=O) groups excluding carboxylic acids is 1. The van der Waals surface area contributed by atoms with E-state index in [1.807, 2.05) is 18.2 Å². The molecule has 0 aliphatic carbocycles. The molecule has 178 valence electrons. The Morgan fingerprint density at radius 3 is 2.57 bits per heavy atom. The van der Waals surface area contributed by atoms with Crippen LogP contribution in [0.1, 0.15) is 32.2 Å². The molecule has 0 radical (unpaired) electrons. The minimum atomic E-state index is -0.482. The van der Waals surface area contributed by atoms with Crippen LogP contribution in [-0.4, -0.2) is 22.6 Å². The van der Waals surface area contributed by atoms with Crippen LogP contribution < -0.4 is 14.8 Å². The lowest BCUT2D eigenvalue weighted by Gasteiger charge is -2.22. The van der Waals surface area contributed by atoms with E-state index < -0.39 is 11.7 Å². The van der Waals surface area contributed by atoms with Crippen molar-refractivity contribution in [2.24, 2.45) is 0 Å². The van der Waals surface area contributed by atoms with Gasteiger partial charge in [0.1, 0.15) is 16.5 Å². The fourth-order valence-corrected chi connectivity index (χ4v) is 4.66. The normalized spacial score (nSPS) is 12.2. The van der Waals surface area contributed by atoms with Crippen molar-refractivity contribution in [2.45, 2.75) is 26.6 Å². The first-order valence-electron chi connectivity index (χ1n) is 11.2. The summed E-state index contributed by atoms with van der Waals surface area (Å²) in [5, 5.41) is 5.10. The number of para-hydroxylation sites is 1. The summed E-state index contributed by atoms with van der Waals surface area (Å²) in [5.74, 6) is 0.589. The second-order valence-electron chi connectivity index (χ2n) is 8.38. The summed E-state index contributed by atoms with van der Waals surface area (Å²) in [5.41, 5.74) is 3.89. The second kappa shape index (κ2) is 10.2. The highest BCUT2D eigenvalue weighted by molar-refractivity contribution is 7.09. The first kappa shape index (κ1) is 23.0. The number of thiazole rings is 1. The van der Waals surface area contributed by atoms with Crippen molar-refractivity contribution in [1.82, 2.24) is 9.88 Å². The maximum atomic E-state index is 13.9. The van der Waals surface area contributed by atoms with Crippen LogP contribution in [0.15, 0.2) is 72.1 Å². The topological polar surface area (TPSA) is 63.7 Å². The van der Waals surface area contributed by atoms with Crippen molar-refractivity contribution in [3.63, 3.8) is 0 Å². The Hall–Kier alpha value is -3.75. The van der Waals surface area contributed by atoms with Crippen molar-refractivity contribution < 1.29 is 18.7 Å². The summed E-state index contributed by atoms with van der Waals surface area (Å²) in [6.45, 7) is 4.24. The molecule has 0 bridgehead atoms. The zero-order valence-corrected chi connectivity index (χ0v) is 20.0. The molecule has 35 heavy (non-hydrogen) atoms. The largest absolute Gasteiger partial charge is 0.454 e. The molecule has 0 spiro atoms. The predicted octanol–water partition coefficient (Wildman–Crippen LogP) is 5.77. The van der Waals surface area contributed by atoms with Gasteiger partial charge in [-0.05, 0) is 42.3 Å². The Balaban J connectivity index is 1.32. The van der Waals surface area contributed by atoms with Gasteiger partial charge in [0, 0.05) is 18.5 Å². The van der Waals surface area contributed by atoms with Crippen molar-refractivity contribution in [2.75, 3.05) is 12.1 Å². The number of ether oxygens (including phenoxy) is 2. The number of rotatable bonds is 8. The van der Waals surface area contributed by atoms with Crippen LogP contribution >= 0.6 is 11.3 Å². The minimum absolute atomic E-state index is 0.135. The van der Waals surface area contributed by atoms with Gasteiger partial charge in [-0.3, -0.25) is 9.69 Å². The van der Waals surface area contributed by atoms with E-state index in [1.165, 1.54) is 34.6 Å². The molecule has 1 aliphatic heterocycles. The van der Waals surface area contributed by atoms with E-state index in [0.717, 1.165) is 22.1 Å². The molecule has 3 aromatic carbocycles. The van der Waals surface area contributed by atoms with Gasteiger partial charge in [-0.15, -0.1) is 11.3 Å². The molecule has 4 aromatic rings. The van der Waals surface area contributed by atoms with E-state index in [-0.39, 0.29) is 18.2 Å². The van der Waals surface area contributed by atoms with Gasteiger partial charge in [0.2, 0.25) is 6.79 Å². The Bertz CT molecular complexity index is 1340. The van der Waals surface area contributed by atoms with Gasteiger partial charge in [-0.25, -0.2) is 9.37 Å².